The number of hydrogen-bond donors (Lipinski definition) is 2. The van der Waals surface area contributed by atoms with Crippen molar-refractivity contribution < 1.29 is 0 Å². The molecule has 0 aliphatic carbocycles. The zero-order valence-electron chi connectivity index (χ0n) is 9.25. The van der Waals surface area contributed by atoms with Crippen molar-refractivity contribution in [1.29, 1.82) is 0 Å². The van der Waals surface area contributed by atoms with Crippen molar-refractivity contribution >= 4 is 11.3 Å². The van der Waals surface area contributed by atoms with Crippen LogP contribution < -0.4 is 10.6 Å². The molecule has 1 aromatic rings. The van der Waals surface area contributed by atoms with Crippen LogP contribution in [0.1, 0.15) is 24.8 Å². The van der Waals surface area contributed by atoms with Gasteiger partial charge in [-0.3, -0.25) is 0 Å². The highest BCUT2D eigenvalue weighted by Crippen LogP contribution is 2.28. The summed E-state index contributed by atoms with van der Waals surface area (Å²) in [5, 5.41) is 10.2. The third kappa shape index (κ3) is 2.77. The molecule has 0 spiro atoms. The first-order chi connectivity index (χ1) is 7.35. The molecule has 2 N–H and O–H groups in total. The topological polar surface area (TPSA) is 37.0 Å². The molecule has 1 unspecified atom stereocenters. The van der Waals surface area contributed by atoms with Gasteiger partial charge in [0.2, 0.25) is 0 Å². The van der Waals surface area contributed by atoms with Crippen molar-refractivity contribution in [2.75, 3.05) is 19.6 Å². The first-order valence-electron chi connectivity index (χ1n) is 5.64. The molecule has 0 radical (unpaired) electrons. The lowest BCUT2D eigenvalue weighted by Gasteiger charge is -2.26. The summed E-state index contributed by atoms with van der Waals surface area (Å²) in [5.74, 6) is 0. The van der Waals surface area contributed by atoms with Crippen LogP contribution in [0.3, 0.4) is 0 Å². The van der Waals surface area contributed by atoms with Gasteiger partial charge in [0.1, 0.15) is 5.01 Å². The average Bonchev–Trinajstić information content (AvgIpc) is 2.89. The lowest BCUT2D eigenvalue weighted by Crippen LogP contribution is -2.35. The summed E-state index contributed by atoms with van der Waals surface area (Å²) in [6.45, 7) is 6.65. The first kappa shape index (κ1) is 11.0. The molecule has 1 aliphatic rings. The van der Waals surface area contributed by atoms with Crippen LogP contribution in [-0.4, -0.2) is 24.6 Å². The molecule has 2 heterocycles. The van der Waals surface area contributed by atoms with Gasteiger partial charge in [-0.2, -0.15) is 0 Å². The van der Waals surface area contributed by atoms with Crippen molar-refractivity contribution in [3.05, 3.63) is 16.6 Å². The van der Waals surface area contributed by atoms with Crippen molar-refractivity contribution in [3.8, 4) is 0 Å². The van der Waals surface area contributed by atoms with E-state index in [1.807, 2.05) is 11.6 Å². The zero-order chi connectivity index (χ0) is 10.6. The molecule has 1 atom stereocenters. The molecule has 1 fully saturated rings. The molecule has 0 bridgehead atoms. The molecule has 0 aromatic carbocycles. The minimum absolute atomic E-state index is 0.483. The number of thiazole rings is 1. The maximum Gasteiger partial charge on any atom is 0.106 e. The third-order valence-electron chi connectivity index (χ3n) is 3.34. The molecule has 4 heteroatoms. The molecule has 3 nitrogen and oxygen atoms in total. The Hall–Kier alpha value is -0.450. The zero-order valence-corrected chi connectivity index (χ0v) is 10.1. The lowest BCUT2D eigenvalue weighted by molar-refractivity contribution is 0.291. The third-order valence-corrected chi connectivity index (χ3v) is 4.12. The molecule has 15 heavy (non-hydrogen) atoms. The van der Waals surface area contributed by atoms with E-state index >= 15 is 0 Å². The van der Waals surface area contributed by atoms with Gasteiger partial charge in [-0.05, 0) is 24.8 Å². The standard InChI is InChI=1S/C11H19N3S/c1-2-11(3-4-12-8-11)9-13-7-10-14-5-6-15-10/h5-6,12-13H,2-4,7-9H2,1H3. The lowest BCUT2D eigenvalue weighted by atomic mass is 9.84. The summed E-state index contributed by atoms with van der Waals surface area (Å²) >= 11 is 1.72. The van der Waals surface area contributed by atoms with Gasteiger partial charge in [0.25, 0.3) is 0 Å². The van der Waals surface area contributed by atoms with Crippen molar-refractivity contribution in [2.24, 2.45) is 5.41 Å². The van der Waals surface area contributed by atoms with Gasteiger partial charge in [0.15, 0.2) is 0 Å². The predicted octanol–water partition coefficient (Wildman–Crippen LogP) is 1.62. The molecule has 0 amide bonds. The second kappa shape index (κ2) is 5.05. The molecule has 1 aliphatic heterocycles. The summed E-state index contributed by atoms with van der Waals surface area (Å²) < 4.78 is 0. The highest BCUT2D eigenvalue weighted by molar-refractivity contribution is 7.09. The van der Waals surface area contributed by atoms with Crippen LogP contribution in [0.2, 0.25) is 0 Å². The number of nitrogens with one attached hydrogen (secondary N) is 2. The Bertz CT molecular complexity index is 278. The number of nitrogens with zero attached hydrogens (tertiary/aromatic N) is 1. The molecular weight excluding hydrogens is 206 g/mol. The summed E-state index contributed by atoms with van der Waals surface area (Å²) in [6.07, 6.45) is 4.42. The smallest absolute Gasteiger partial charge is 0.106 e. The molecule has 1 aromatic heterocycles. The minimum atomic E-state index is 0.483. The van der Waals surface area contributed by atoms with Gasteiger partial charge in [0.05, 0.1) is 0 Å². The van der Waals surface area contributed by atoms with Crippen molar-refractivity contribution in [2.45, 2.75) is 26.3 Å². The van der Waals surface area contributed by atoms with E-state index < -0.39 is 0 Å². The van der Waals surface area contributed by atoms with E-state index in [1.165, 1.54) is 24.4 Å². The van der Waals surface area contributed by atoms with Crippen LogP contribution in [0.25, 0.3) is 0 Å². The Morgan fingerprint density at radius 2 is 2.60 bits per heavy atom. The Kier molecular flexibility index (Phi) is 3.72. The summed E-state index contributed by atoms with van der Waals surface area (Å²) in [6, 6.07) is 0. The van der Waals surface area contributed by atoms with Crippen LogP contribution in [0, 0.1) is 5.41 Å². The monoisotopic (exact) mass is 225 g/mol. The quantitative estimate of drug-likeness (QED) is 0.799. The molecule has 0 saturated carbocycles. The van der Waals surface area contributed by atoms with Crippen LogP contribution in [0.4, 0.5) is 0 Å². The van der Waals surface area contributed by atoms with Gasteiger partial charge in [-0.1, -0.05) is 6.92 Å². The minimum Gasteiger partial charge on any atom is -0.316 e. The van der Waals surface area contributed by atoms with Crippen LogP contribution in [-0.2, 0) is 6.54 Å². The van der Waals surface area contributed by atoms with Crippen LogP contribution in [0.15, 0.2) is 11.6 Å². The fourth-order valence-corrected chi connectivity index (χ4v) is 2.73. The summed E-state index contributed by atoms with van der Waals surface area (Å²) in [7, 11) is 0. The molecule has 2 rings (SSSR count). The molecule has 84 valence electrons. The van der Waals surface area contributed by atoms with Gasteiger partial charge in [-0.15, -0.1) is 11.3 Å². The summed E-state index contributed by atoms with van der Waals surface area (Å²) in [5.41, 5.74) is 0.483. The Morgan fingerprint density at radius 3 is 3.20 bits per heavy atom. The average molecular weight is 225 g/mol. The van der Waals surface area contributed by atoms with E-state index in [4.69, 9.17) is 0 Å². The van der Waals surface area contributed by atoms with E-state index in [0.29, 0.717) is 5.41 Å². The molecule has 1 saturated heterocycles. The Labute approximate surface area is 95.3 Å². The predicted molar refractivity (Wildman–Crippen MR) is 64.0 cm³/mol. The number of hydrogen-bond acceptors (Lipinski definition) is 4. The Balaban J connectivity index is 1.77. The van der Waals surface area contributed by atoms with E-state index in [0.717, 1.165) is 19.6 Å². The van der Waals surface area contributed by atoms with E-state index in [-0.39, 0.29) is 0 Å². The number of aromatic nitrogens is 1. The number of rotatable bonds is 5. The largest absolute Gasteiger partial charge is 0.316 e. The van der Waals surface area contributed by atoms with Crippen LogP contribution in [0.5, 0.6) is 0 Å². The van der Waals surface area contributed by atoms with Crippen molar-refractivity contribution in [1.82, 2.24) is 15.6 Å². The van der Waals surface area contributed by atoms with E-state index in [2.05, 4.69) is 22.5 Å². The van der Waals surface area contributed by atoms with Crippen molar-refractivity contribution in [3.63, 3.8) is 0 Å². The van der Waals surface area contributed by atoms with E-state index in [9.17, 15) is 0 Å². The maximum absolute atomic E-state index is 4.27. The van der Waals surface area contributed by atoms with Crippen LogP contribution >= 0.6 is 11.3 Å². The van der Waals surface area contributed by atoms with E-state index in [1.54, 1.807) is 11.3 Å². The summed E-state index contributed by atoms with van der Waals surface area (Å²) in [4.78, 5) is 4.27. The highest BCUT2D eigenvalue weighted by Gasteiger charge is 2.31. The van der Waals surface area contributed by atoms with Gasteiger partial charge in [-0.25, -0.2) is 4.98 Å². The fourth-order valence-electron chi connectivity index (χ4n) is 2.15. The normalized spacial score (nSPS) is 25.9. The fraction of sp³-hybridized carbons (Fsp3) is 0.727. The second-order valence-electron chi connectivity index (χ2n) is 4.31. The van der Waals surface area contributed by atoms with Gasteiger partial charge >= 0.3 is 0 Å². The first-order valence-corrected chi connectivity index (χ1v) is 6.52. The Morgan fingerprint density at radius 1 is 1.67 bits per heavy atom. The molecular formula is C11H19N3S. The second-order valence-corrected chi connectivity index (χ2v) is 5.29. The SMILES string of the molecule is CCC1(CNCc2nccs2)CCNC1. The van der Waals surface area contributed by atoms with Gasteiger partial charge in [0, 0.05) is 31.2 Å². The highest BCUT2D eigenvalue weighted by atomic mass is 32.1. The van der Waals surface area contributed by atoms with Gasteiger partial charge < -0.3 is 10.6 Å². The maximum atomic E-state index is 4.27.